The molecule has 8 nitrogen and oxygen atoms in total. The van der Waals surface area contributed by atoms with Gasteiger partial charge in [0.15, 0.2) is 0 Å². The molecule has 4 amide bonds. The maximum atomic E-state index is 12.7. The van der Waals surface area contributed by atoms with Crippen LogP contribution in [0.5, 0.6) is 0 Å². The van der Waals surface area contributed by atoms with E-state index >= 15 is 0 Å². The molecule has 4 fully saturated rings. The number of piperazine rings is 1. The molecule has 2 saturated heterocycles. The van der Waals surface area contributed by atoms with E-state index in [1.807, 2.05) is 18.2 Å². The summed E-state index contributed by atoms with van der Waals surface area (Å²) >= 11 is 0. The van der Waals surface area contributed by atoms with E-state index in [2.05, 4.69) is 26.5 Å². The molecule has 0 radical (unpaired) electrons. The molecule has 5 rings (SSSR count). The second-order valence-corrected chi connectivity index (χ2v) is 9.63. The van der Waals surface area contributed by atoms with Crippen LogP contribution in [0.4, 0.5) is 16.2 Å². The Kier molecular flexibility index (Phi) is 5.12. The minimum absolute atomic E-state index is 0.179. The number of imide groups is 1. The number of carbonyl (C=O) groups is 3. The van der Waals surface area contributed by atoms with Crippen molar-refractivity contribution in [3.8, 4) is 0 Å². The summed E-state index contributed by atoms with van der Waals surface area (Å²) < 4.78 is 0. The van der Waals surface area contributed by atoms with Gasteiger partial charge in [0.1, 0.15) is 12.1 Å². The van der Waals surface area contributed by atoms with Gasteiger partial charge in [0.2, 0.25) is 5.91 Å². The van der Waals surface area contributed by atoms with E-state index < -0.39 is 11.6 Å². The van der Waals surface area contributed by atoms with Gasteiger partial charge in [-0.05, 0) is 62.6 Å². The van der Waals surface area contributed by atoms with Crippen LogP contribution < -0.4 is 15.5 Å². The fourth-order valence-corrected chi connectivity index (χ4v) is 4.78. The third-order valence-electron chi connectivity index (χ3n) is 7.08. The Morgan fingerprint density at radius 2 is 1.87 bits per heavy atom. The van der Waals surface area contributed by atoms with Gasteiger partial charge >= 0.3 is 6.03 Å². The normalized spacial score (nSPS) is 26.9. The average molecular weight is 426 g/mol. The van der Waals surface area contributed by atoms with Crippen molar-refractivity contribution in [2.75, 3.05) is 49.5 Å². The van der Waals surface area contributed by atoms with Crippen LogP contribution in [0.2, 0.25) is 0 Å². The van der Waals surface area contributed by atoms with Gasteiger partial charge in [0, 0.05) is 44.1 Å². The van der Waals surface area contributed by atoms with E-state index in [0.717, 1.165) is 55.5 Å². The van der Waals surface area contributed by atoms with Crippen LogP contribution in [-0.4, -0.2) is 72.5 Å². The summed E-state index contributed by atoms with van der Waals surface area (Å²) in [7, 11) is 0. The van der Waals surface area contributed by atoms with Gasteiger partial charge < -0.3 is 15.5 Å². The van der Waals surface area contributed by atoms with Gasteiger partial charge in [-0.2, -0.15) is 0 Å². The number of amides is 4. The van der Waals surface area contributed by atoms with Crippen LogP contribution in [0.3, 0.4) is 0 Å². The van der Waals surface area contributed by atoms with Crippen molar-refractivity contribution in [2.45, 2.75) is 38.1 Å². The van der Waals surface area contributed by atoms with Gasteiger partial charge in [-0.3, -0.25) is 19.4 Å². The summed E-state index contributed by atoms with van der Waals surface area (Å²) in [5.41, 5.74) is 0.902. The first-order chi connectivity index (χ1) is 14.9. The van der Waals surface area contributed by atoms with Crippen molar-refractivity contribution >= 4 is 29.2 Å². The molecule has 2 saturated carbocycles. The van der Waals surface area contributed by atoms with Gasteiger partial charge in [-0.25, -0.2) is 4.79 Å². The van der Waals surface area contributed by atoms with Crippen molar-refractivity contribution in [1.29, 1.82) is 0 Å². The highest BCUT2D eigenvalue weighted by molar-refractivity contribution is 6.10. The maximum absolute atomic E-state index is 12.7. The molecule has 2 heterocycles. The summed E-state index contributed by atoms with van der Waals surface area (Å²) in [5, 5.41) is 5.63. The van der Waals surface area contributed by atoms with Crippen molar-refractivity contribution < 1.29 is 14.4 Å². The third-order valence-corrected chi connectivity index (χ3v) is 7.08. The largest absolute Gasteiger partial charge is 0.369 e. The predicted molar refractivity (Wildman–Crippen MR) is 118 cm³/mol. The minimum Gasteiger partial charge on any atom is -0.369 e. The zero-order valence-electron chi connectivity index (χ0n) is 18.1. The molecule has 1 aromatic carbocycles. The van der Waals surface area contributed by atoms with Crippen LogP contribution >= 0.6 is 0 Å². The summed E-state index contributed by atoms with van der Waals surface area (Å²) in [6, 6.07) is 7.32. The fourth-order valence-electron chi connectivity index (χ4n) is 4.78. The number of nitrogens with zero attached hydrogens (tertiary/aromatic N) is 3. The van der Waals surface area contributed by atoms with Crippen LogP contribution in [0, 0.1) is 11.8 Å². The quantitative estimate of drug-likeness (QED) is 0.652. The second kappa shape index (κ2) is 7.82. The number of rotatable bonds is 7. The lowest BCUT2D eigenvalue weighted by Crippen LogP contribution is -2.47. The highest BCUT2D eigenvalue weighted by Crippen LogP contribution is 2.42. The number of urea groups is 1. The van der Waals surface area contributed by atoms with Crippen LogP contribution in [0.1, 0.15) is 32.6 Å². The minimum atomic E-state index is -0.862. The Balaban J connectivity index is 1.16. The molecule has 1 aromatic rings. The van der Waals surface area contributed by atoms with E-state index in [1.165, 1.54) is 19.4 Å². The standard InChI is InChI=1S/C23H31N5O3/c1-23(17-7-8-17)21(30)28(22(31)25-23)15-20(29)24-18-3-2-4-19(13-18)27-11-9-26(10-12-27)14-16-5-6-16/h2-4,13,16-17H,5-12,14-15H2,1H3,(H,24,29)(H,25,31). The zero-order chi connectivity index (χ0) is 21.6. The first-order valence-electron chi connectivity index (χ1n) is 11.4. The summed E-state index contributed by atoms with van der Waals surface area (Å²) in [6.45, 7) is 6.82. The molecule has 1 atom stereocenters. The van der Waals surface area contributed by atoms with Gasteiger partial charge in [0.25, 0.3) is 5.91 Å². The van der Waals surface area contributed by atoms with E-state index in [0.29, 0.717) is 5.69 Å². The fraction of sp³-hybridized carbons (Fsp3) is 0.609. The molecule has 0 bridgehead atoms. The SMILES string of the molecule is CC1(C2CC2)NC(=O)N(CC(=O)Nc2cccc(N3CCN(CC4CC4)CC3)c2)C1=O. The highest BCUT2D eigenvalue weighted by atomic mass is 16.2. The molecule has 8 heteroatoms. The molecular weight excluding hydrogens is 394 g/mol. The lowest BCUT2D eigenvalue weighted by Gasteiger charge is -2.36. The molecule has 0 aromatic heterocycles. The molecule has 4 aliphatic rings. The Bertz CT molecular complexity index is 889. The molecular formula is C23H31N5O3. The Labute approximate surface area is 182 Å². The molecule has 2 aliphatic carbocycles. The first kappa shape index (κ1) is 20.3. The maximum Gasteiger partial charge on any atom is 0.325 e. The van der Waals surface area contributed by atoms with Crippen molar-refractivity contribution in [1.82, 2.24) is 15.1 Å². The first-order valence-corrected chi connectivity index (χ1v) is 11.4. The number of benzene rings is 1. The Morgan fingerprint density at radius 1 is 1.13 bits per heavy atom. The zero-order valence-corrected chi connectivity index (χ0v) is 18.1. The van der Waals surface area contributed by atoms with E-state index in [1.54, 1.807) is 6.92 Å². The number of carbonyl (C=O) groups excluding carboxylic acids is 3. The smallest absolute Gasteiger partial charge is 0.325 e. The number of anilines is 2. The molecule has 2 aliphatic heterocycles. The second-order valence-electron chi connectivity index (χ2n) is 9.63. The molecule has 31 heavy (non-hydrogen) atoms. The lowest BCUT2D eigenvalue weighted by molar-refractivity contribution is -0.134. The Hall–Kier alpha value is -2.61. The van der Waals surface area contributed by atoms with Gasteiger partial charge in [-0.15, -0.1) is 0 Å². The molecule has 2 N–H and O–H groups in total. The van der Waals surface area contributed by atoms with E-state index in [9.17, 15) is 14.4 Å². The van der Waals surface area contributed by atoms with Gasteiger partial charge in [-0.1, -0.05) is 6.07 Å². The summed E-state index contributed by atoms with van der Waals surface area (Å²) in [5.74, 6) is 0.429. The molecule has 0 spiro atoms. The van der Waals surface area contributed by atoms with Crippen molar-refractivity contribution in [3.05, 3.63) is 24.3 Å². The summed E-state index contributed by atoms with van der Waals surface area (Å²) in [4.78, 5) is 43.5. The molecule has 1 unspecified atom stereocenters. The monoisotopic (exact) mass is 425 g/mol. The highest BCUT2D eigenvalue weighted by Gasteiger charge is 2.56. The predicted octanol–water partition coefficient (Wildman–Crippen LogP) is 1.88. The van der Waals surface area contributed by atoms with E-state index in [-0.39, 0.29) is 24.3 Å². The van der Waals surface area contributed by atoms with Crippen molar-refractivity contribution in [2.24, 2.45) is 11.8 Å². The lowest BCUT2D eigenvalue weighted by atomic mass is 9.96. The third kappa shape index (κ3) is 4.26. The van der Waals surface area contributed by atoms with E-state index in [4.69, 9.17) is 0 Å². The van der Waals surface area contributed by atoms with Crippen LogP contribution in [0.15, 0.2) is 24.3 Å². The van der Waals surface area contributed by atoms with Crippen LogP contribution in [-0.2, 0) is 9.59 Å². The number of nitrogens with one attached hydrogen (secondary N) is 2. The van der Waals surface area contributed by atoms with Crippen molar-refractivity contribution in [3.63, 3.8) is 0 Å². The number of hydrogen-bond donors (Lipinski definition) is 2. The number of hydrogen-bond acceptors (Lipinski definition) is 5. The topological polar surface area (TPSA) is 85.0 Å². The molecule has 166 valence electrons. The van der Waals surface area contributed by atoms with Gasteiger partial charge in [0.05, 0.1) is 0 Å². The Morgan fingerprint density at radius 3 is 2.55 bits per heavy atom. The van der Waals surface area contributed by atoms with Crippen LogP contribution in [0.25, 0.3) is 0 Å². The average Bonchev–Trinajstić information content (AvgIpc) is 3.66. The summed E-state index contributed by atoms with van der Waals surface area (Å²) in [6.07, 6.45) is 4.63.